The Morgan fingerprint density at radius 2 is 2.08 bits per heavy atom. The van der Waals surface area contributed by atoms with Crippen LogP contribution in [0.1, 0.15) is 29.4 Å². The number of rotatable bonds is 5. The van der Waals surface area contributed by atoms with Crippen LogP contribution in [0, 0.1) is 0 Å². The smallest absolute Gasteiger partial charge is 0.271 e. The number of hydrogen-bond acceptors (Lipinski definition) is 6. The third-order valence-electron chi connectivity index (χ3n) is 4.44. The van der Waals surface area contributed by atoms with Crippen LogP contribution in [0.4, 0.5) is 5.82 Å². The minimum atomic E-state index is -0.214. The maximum absolute atomic E-state index is 11.6. The number of aromatic nitrogens is 4. The van der Waals surface area contributed by atoms with Crippen molar-refractivity contribution in [2.75, 3.05) is 38.1 Å². The van der Waals surface area contributed by atoms with E-state index in [0.29, 0.717) is 5.69 Å². The van der Waals surface area contributed by atoms with Crippen LogP contribution >= 0.6 is 0 Å². The molecule has 0 unspecified atom stereocenters. The van der Waals surface area contributed by atoms with Gasteiger partial charge in [0.2, 0.25) is 0 Å². The SMILES string of the molecule is CCn1cc(CN2CCCN(c3ccc(C(=O)NC)nn3)CC2)cn1. The quantitative estimate of drug-likeness (QED) is 0.864. The van der Waals surface area contributed by atoms with E-state index in [1.807, 2.05) is 16.9 Å². The Kier molecular flexibility index (Phi) is 5.60. The summed E-state index contributed by atoms with van der Waals surface area (Å²) in [5.74, 6) is 0.613. The summed E-state index contributed by atoms with van der Waals surface area (Å²) in [4.78, 5) is 16.2. The van der Waals surface area contributed by atoms with Crippen LogP contribution < -0.4 is 10.2 Å². The number of nitrogens with one attached hydrogen (secondary N) is 1. The molecule has 1 aliphatic rings. The van der Waals surface area contributed by atoms with Crippen molar-refractivity contribution >= 4 is 11.7 Å². The first-order valence-corrected chi connectivity index (χ1v) is 8.74. The first-order chi connectivity index (χ1) is 12.2. The Morgan fingerprint density at radius 3 is 2.76 bits per heavy atom. The first kappa shape index (κ1) is 17.3. The molecule has 1 fully saturated rings. The van der Waals surface area contributed by atoms with E-state index >= 15 is 0 Å². The van der Waals surface area contributed by atoms with Gasteiger partial charge in [-0.25, -0.2) is 0 Å². The highest BCUT2D eigenvalue weighted by Crippen LogP contribution is 2.14. The van der Waals surface area contributed by atoms with Crippen LogP contribution in [0.25, 0.3) is 0 Å². The van der Waals surface area contributed by atoms with E-state index in [9.17, 15) is 4.79 Å². The maximum atomic E-state index is 11.6. The largest absolute Gasteiger partial charge is 0.354 e. The molecule has 134 valence electrons. The second-order valence-electron chi connectivity index (χ2n) is 6.18. The third kappa shape index (κ3) is 4.33. The molecular weight excluding hydrogens is 318 g/mol. The standard InChI is InChI=1S/C17H25N7O/c1-3-24-13-14(11-19-24)12-22-7-4-8-23(10-9-22)16-6-5-15(20-21-16)17(25)18-2/h5-6,11,13H,3-4,7-10,12H2,1-2H3,(H,18,25). The van der Waals surface area contributed by atoms with E-state index < -0.39 is 0 Å². The third-order valence-corrected chi connectivity index (χ3v) is 4.44. The van der Waals surface area contributed by atoms with Crippen molar-refractivity contribution in [1.82, 2.24) is 30.2 Å². The zero-order valence-corrected chi connectivity index (χ0v) is 14.9. The number of carbonyl (C=O) groups is 1. The molecule has 0 aliphatic carbocycles. The molecule has 8 nitrogen and oxygen atoms in total. The summed E-state index contributed by atoms with van der Waals surface area (Å²) in [5, 5.41) is 15.1. The maximum Gasteiger partial charge on any atom is 0.271 e. The summed E-state index contributed by atoms with van der Waals surface area (Å²) in [7, 11) is 1.59. The van der Waals surface area contributed by atoms with Crippen molar-refractivity contribution in [1.29, 1.82) is 0 Å². The van der Waals surface area contributed by atoms with Crippen LogP contribution in [0.5, 0.6) is 0 Å². The van der Waals surface area contributed by atoms with Gasteiger partial charge in [-0.05, 0) is 25.5 Å². The molecule has 0 bridgehead atoms. The molecule has 1 N–H and O–H groups in total. The molecule has 25 heavy (non-hydrogen) atoms. The summed E-state index contributed by atoms with van der Waals surface area (Å²) in [6.07, 6.45) is 5.14. The minimum Gasteiger partial charge on any atom is -0.354 e. The lowest BCUT2D eigenvalue weighted by Gasteiger charge is -2.22. The number of aryl methyl sites for hydroxylation is 1. The van der Waals surface area contributed by atoms with Gasteiger partial charge in [0, 0.05) is 58.1 Å². The number of amides is 1. The second kappa shape index (κ2) is 8.06. The van der Waals surface area contributed by atoms with Crippen molar-refractivity contribution in [2.45, 2.75) is 26.4 Å². The zero-order valence-electron chi connectivity index (χ0n) is 14.9. The molecule has 3 rings (SSSR count). The van der Waals surface area contributed by atoms with Gasteiger partial charge in [0.05, 0.1) is 6.20 Å². The van der Waals surface area contributed by atoms with Crippen molar-refractivity contribution in [2.24, 2.45) is 0 Å². The molecule has 1 saturated heterocycles. The van der Waals surface area contributed by atoms with Crippen LogP contribution in [-0.4, -0.2) is 64.0 Å². The van der Waals surface area contributed by atoms with Crippen molar-refractivity contribution in [3.63, 3.8) is 0 Å². The normalized spacial score (nSPS) is 15.8. The Bertz CT molecular complexity index is 697. The molecule has 2 aromatic heterocycles. The van der Waals surface area contributed by atoms with Gasteiger partial charge in [-0.2, -0.15) is 5.10 Å². The highest BCUT2D eigenvalue weighted by molar-refractivity contribution is 5.91. The molecule has 0 radical (unpaired) electrons. The van der Waals surface area contributed by atoms with Gasteiger partial charge in [-0.3, -0.25) is 14.4 Å². The Balaban J connectivity index is 1.58. The average molecular weight is 343 g/mol. The topological polar surface area (TPSA) is 79.2 Å². The summed E-state index contributed by atoms with van der Waals surface area (Å²) in [6.45, 7) is 7.78. The average Bonchev–Trinajstić information content (AvgIpc) is 2.98. The minimum absolute atomic E-state index is 0.214. The van der Waals surface area contributed by atoms with E-state index in [-0.39, 0.29) is 5.91 Å². The van der Waals surface area contributed by atoms with E-state index in [0.717, 1.165) is 51.5 Å². The fourth-order valence-corrected chi connectivity index (χ4v) is 3.02. The summed E-state index contributed by atoms with van der Waals surface area (Å²) in [6, 6.07) is 3.60. The van der Waals surface area contributed by atoms with Crippen molar-refractivity contribution < 1.29 is 4.79 Å². The van der Waals surface area contributed by atoms with Gasteiger partial charge < -0.3 is 10.2 Å². The van der Waals surface area contributed by atoms with Crippen LogP contribution in [0.3, 0.4) is 0 Å². The monoisotopic (exact) mass is 343 g/mol. The lowest BCUT2D eigenvalue weighted by molar-refractivity contribution is 0.0957. The molecule has 3 heterocycles. The molecule has 1 aliphatic heterocycles. The van der Waals surface area contributed by atoms with Crippen molar-refractivity contribution in [3.05, 3.63) is 35.8 Å². The molecule has 0 spiro atoms. The van der Waals surface area contributed by atoms with Crippen LogP contribution in [-0.2, 0) is 13.1 Å². The fourth-order valence-electron chi connectivity index (χ4n) is 3.02. The van der Waals surface area contributed by atoms with E-state index in [1.165, 1.54) is 5.56 Å². The van der Waals surface area contributed by atoms with Gasteiger partial charge in [0.25, 0.3) is 5.91 Å². The molecule has 8 heteroatoms. The van der Waals surface area contributed by atoms with E-state index in [2.05, 4.69) is 43.5 Å². The van der Waals surface area contributed by atoms with Gasteiger partial charge in [-0.15, -0.1) is 10.2 Å². The number of carbonyl (C=O) groups excluding carboxylic acids is 1. The first-order valence-electron chi connectivity index (χ1n) is 8.74. The summed E-state index contributed by atoms with van der Waals surface area (Å²) >= 11 is 0. The highest BCUT2D eigenvalue weighted by Gasteiger charge is 2.17. The fraction of sp³-hybridized carbons (Fsp3) is 0.529. The number of hydrogen-bond donors (Lipinski definition) is 1. The Hall–Kier alpha value is -2.48. The lowest BCUT2D eigenvalue weighted by atomic mass is 10.3. The zero-order chi connectivity index (χ0) is 17.6. The second-order valence-corrected chi connectivity index (χ2v) is 6.18. The van der Waals surface area contributed by atoms with E-state index in [1.54, 1.807) is 13.1 Å². The molecule has 0 saturated carbocycles. The molecule has 0 atom stereocenters. The predicted molar refractivity (Wildman–Crippen MR) is 95.4 cm³/mol. The molecule has 2 aromatic rings. The Labute approximate surface area is 147 Å². The van der Waals surface area contributed by atoms with Gasteiger partial charge in [0.1, 0.15) is 0 Å². The van der Waals surface area contributed by atoms with Gasteiger partial charge in [-0.1, -0.05) is 0 Å². The van der Waals surface area contributed by atoms with Crippen LogP contribution in [0.15, 0.2) is 24.5 Å². The summed E-state index contributed by atoms with van der Waals surface area (Å²) < 4.78 is 1.96. The molecular formula is C17H25N7O. The Morgan fingerprint density at radius 1 is 1.20 bits per heavy atom. The summed E-state index contributed by atoms with van der Waals surface area (Å²) in [5.41, 5.74) is 1.60. The predicted octanol–water partition coefficient (Wildman–Crippen LogP) is 0.765. The highest BCUT2D eigenvalue weighted by atomic mass is 16.1. The molecule has 0 aromatic carbocycles. The number of nitrogens with zero attached hydrogens (tertiary/aromatic N) is 6. The van der Waals surface area contributed by atoms with Crippen LogP contribution in [0.2, 0.25) is 0 Å². The van der Waals surface area contributed by atoms with Gasteiger partial charge in [0.15, 0.2) is 11.5 Å². The van der Waals surface area contributed by atoms with E-state index in [4.69, 9.17) is 0 Å². The van der Waals surface area contributed by atoms with Crippen molar-refractivity contribution in [3.8, 4) is 0 Å². The number of anilines is 1. The molecule has 1 amide bonds. The lowest BCUT2D eigenvalue weighted by Crippen LogP contribution is -2.31. The van der Waals surface area contributed by atoms with Gasteiger partial charge >= 0.3 is 0 Å².